The summed E-state index contributed by atoms with van der Waals surface area (Å²) < 4.78 is 41.8. The first-order chi connectivity index (χ1) is 16.2. The number of aliphatic imine (C=N–C) groups is 1. The Morgan fingerprint density at radius 3 is 2.79 bits per heavy atom. The van der Waals surface area contributed by atoms with Crippen molar-refractivity contribution in [2.45, 2.75) is 25.2 Å². The predicted molar refractivity (Wildman–Crippen MR) is 125 cm³/mol. The largest absolute Gasteiger partial charge is 0.416 e. The number of carbonyl (C=O) groups excluding carboxylic acids is 1. The Kier molecular flexibility index (Phi) is 5.91. The number of amides is 1. The van der Waals surface area contributed by atoms with E-state index in [4.69, 9.17) is 11.6 Å². The van der Waals surface area contributed by atoms with Gasteiger partial charge < -0.3 is 10.0 Å². The number of amidine groups is 1. The van der Waals surface area contributed by atoms with Crippen molar-refractivity contribution in [1.29, 1.82) is 0 Å². The Bertz CT molecular complexity index is 1350. The van der Waals surface area contributed by atoms with Crippen molar-refractivity contribution in [1.82, 2.24) is 14.7 Å². The molecule has 6 nitrogen and oxygen atoms in total. The lowest BCUT2D eigenvalue weighted by Crippen LogP contribution is -2.26. The molecule has 1 amide bonds. The summed E-state index contributed by atoms with van der Waals surface area (Å²) in [5.41, 5.74) is 0.697. The molecule has 3 heterocycles. The number of aliphatic hydroxyl groups is 1. The van der Waals surface area contributed by atoms with Crippen LogP contribution in [0, 0.1) is 0 Å². The number of likely N-dealkylation sites (tertiary alicyclic amines) is 1. The van der Waals surface area contributed by atoms with Crippen molar-refractivity contribution in [2.24, 2.45) is 4.99 Å². The Morgan fingerprint density at radius 1 is 1.24 bits per heavy atom. The van der Waals surface area contributed by atoms with Gasteiger partial charge in [-0.2, -0.15) is 23.3 Å². The minimum atomic E-state index is -4.53. The second-order valence-corrected chi connectivity index (χ2v) is 9.56. The third-order valence-electron chi connectivity index (χ3n) is 5.70. The summed E-state index contributed by atoms with van der Waals surface area (Å²) in [6.45, 7) is 1.05. The lowest BCUT2D eigenvalue weighted by molar-refractivity contribution is -0.138. The zero-order chi connectivity index (χ0) is 24.0. The zero-order valence-corrected chi connectivity index (χ0v) is 19.2. The maximum Gasteiger partial charge on any atom is 0.416 e. The molecule has 1 fully saturated rings. The maximum atomic E-state index is 13.4. The molecule has 0 saturated carbocycles. The number of carbonyl (C=O) groups is 1. The Labute approximate surface area is 201 Å². The number of aromatic nitrogens is 2. The fourth-order valence-corrected chi connectivity index (χ4v) is 5.15. The van der Waals surface area contributed by atoms with Crippen LogP contribution >= 0.6 is 23.4 Å². The highest BCUT2D eigenvalue weighted by molar-refractivity contribution is 8.18. The van der Waals surface area contributed by atoms with Crippen molar-refractivity contribution < 1.29 is 23.1 Å². The van der Waals surface area contributed by atoms with Gasteiger partial charge in [-0.1, -0.05) is 23.7 Å². The molecule has 2 aliphatic rings. The summed E-state index contributed by atoms with van der Waals surface area (Å²) >= 11 is 7.04. The number of hydrogen-bond donors (Lipinski definition) is 1. The highest BCUT2D eigenvalue weighted by Gasteiger charge is 2.34. The van der Waals surface area contributed by atoms with Crippen molar-refractivity contribution in [3.05, 3.63) is 69.2 Å². The van der Waals surface area contributed by atoms with Gasteiger partial charge in [-0.3, -0.25) is 9.48 Å². The Hall–Kier alpha value is -2.82. The van der Waals surface area contributed by atoms with E-state index in [9.17, 15) is 23.1 Å². The van der Waals surface area contributed by atoms with Crippen LogP contribution in [0.1, 0.15) is 23.1 Å². The summed E-state index contributed by atoms with van der Waals surface area (Å²) in [6, 6.07) is 9.08. The lowest BCUT2D eigenvalue weighted by atomic mass is 10.1. The number of nitrogens with zero attached hydrogens (tertiary/aromatic N) is 4. The van der Waals surface area contributed by atoms with E-state index in [2.05, 4.69) is 10.1 Å². The van der Waals surface area contributed by atoms with E-state index >= 15 is 0 Å². The second kappa shape index (κ2) is 8.75. The van der Waals surface area contributed by atoms with Gasteiger partial charge in [-0.25, -0.2) is 0 Å². The molecular formula is C23H18ClF3N4O2S. The number of aliphatic hydroxyl groups excluding tert-OH is 1. The third-order valence-corrected chi connectivity index (χ3v) is 6.98. The molecule has 0 aliphatic carbocycles. The Morgan fingerprint density at radius 2 is 2.06 bits per heavy atom. The first-order valence-corrected chi connectivity index (χ1v) is 11.6. The normalized spacial score (nSPS) is 20.1. The van der Waals surface area contributed by atoms with E-state index in [1.165, 1.54) is 28.6 Å². The number of benzene rings is 2. The van der Waals surface area contributed by atoms with E-state index in [1.54, 1.807) is 24.4 Å². The molecule has 11 heteroatoms. The van der Waals surface area contributed by atoms with E-state index in [0.717, 1.165) is 17.0 Å². The number of β-amino-alcohol motifs (C(OH)–C–C–N with tert-alkyl or cyclic N) is 1. The van der Waals surface area contributed by atoms with Crippen LogP contribution in [0.25, 0.3) is 17.0 Å². The predicted octanol–water partition coefficient (Wildman–Crippen LogP) is 4.79. The van der Waals surface area contributed by atoms with Crippen molar-refractivity contribution in [2.75, 3.05) is 13.1 Å². The molecule has 2 aromatic carbocycles. The maximum absolute atomic E-state index is 13.4. The lowest BCUT2D eigenvalue weighted by Gasteiger charge is -2.15. The van der Waals surface area contributed by atoms with Crippen molar-refractivity contribution in [3.63, 3.8) is 0 Å². The van der Waals surface area contributed by atoms with Crippen LogP contribution in [0.4, 0.5) is 13.2 Å². The fourth-order valence-electron chi connectivity index (χ4n) is 4.03. The number of alkyl halides is 3. The molecule has 0 radical (unpaired) electrons. The fraction of sp³-hybridized carbons (Fsp3) is 0.261. The SMILES string of the molecule is O=C1N=C(N2CCC(O)C2)S/C1=C\c1ccc2c(cnn2Cc2ccc(Cl)cc2C(F)(F)F)c1. The molecular weight excluding hydrogens is 489 g/mol. The van der Waals surface area contributed by atoms with Crippen LogP contribution in [-0.2, 0) is 17.5 Å². The average molecular weight is 507 g/mol. The topological polar surface area (TPSA) is 70.7 Å². The summed E-state index contributed by atoms with van der Waals surface area (Å²) in [7, 11) is 0. The van der Waals surface area contributed by atoms with E-state index in [1.807, 2.05) is 11.0 Å². The molecule has 0 spiro atoms. The van der Waals surface area contributed by atoms with E-state index in [0.29, 0.717) is 35.1 Å². The van der Waals surface area contributed by atoms with Crippen LogP contribution in [0.3, 0.4) is 0 Å². The molecule has 3 aromatic rings. The number of halogens is 4. The van der Waals surface area contributed by atoms with Gasteiger partial charge in [0, 0.05) is 23.5 Å². The summed E-state index contributed by atoms with van der Waals surface area (Å²) in [6.07, 6.45) is -0.980. The zero-order valence-electron chi connectivity index (χ0n) is 17.6. The average Bonchev–Trinajstić information content (AvgIpc) is 3.48. The molecule has 1 saturated heterocycles. The highest BCUT2D eigenvalue weighted by atomic mass is 35.5. The molecule has 176 valence electrons. The third kappa shape index (κ3) is 4.57. The van der Waals surface area contributed by atoms with Gasteiger partial charge in [0.15, 0.2) is 5.17 Å². The minimum absolute atomic E-state index is 0.0199. The number of fused-ring (bicyclic) bond motifs is 1. The van der Waals surface area contributed by atoms with Gasteiger partial charge in [-0.05, 0) is 59.7 Å². The second-order valence-electron chi connectivity index (χ2n) is 8.12. The van der Waals surface area contributed by atoms with E-state index < -0.39 is 17.8 Å². The van der Waals surface area contributed by atoms with Gasteiger partial charge in [-0.15, -0.1) is 0 Å². The monoisotopic (exact) mass is 506 g/mol. The summed E-state index contributed by atoms with van der Waals surface area (Å²) in [5, 5.41) is 15.3. The molecule has 34 heavy (non-hydrogen) atoms. The van der Waals surface area contributed by atoms with Crippen LogP contribution in [0.5, 0.6) is 0 Å². The molecule has 1 aromatic heterocycles. The molecule has 1 atom stereocenters. The van der Waals surface area contributed by atoms with Gasteiger partial charge in [0.25, 0.3) is 5.91 Å². The van der Waals surface area contributed by atoms with E-state index in [-0.39, 0.29) is 23.0 Å². The van der Waals surface area contributed by atoms with Crippen LogP contribution in [0.2, 0.25) is 5.02 Å². The number of hydrogen-bond acceptors (Lipinski definition) is 5. The van der Waals surface area contributed by atoms with Gasteiger partial charge in [0.1, 0.15) is 0 Å². The van der Waals surface area contributed by atoms with Crippen molar-refractivity contribution >= 4 is 51.4 Å². The number of thioether (sulfide) groups is 1. The summed E-state index contributed by atoms with van der Waals surface area (Å²) in [5.74, 6) is -0.334. The van der Waals surface area contributed by atoms with Gasteiger partial charge in [0.05, 0.1) is 34.8 Å². The van der Waals surface area contributed by atoms with Gasteiger partial charge >= 0.3 is 6.18 Å². The minimum Gasteiger partial charge on any atom is -0.391 e. The molecule has 2 aliphatic heterocycles. The van der Waals surface area contributed by atoms with Gasteiger partial charge in [0.2, 0.25) is 0 Å². The van der Waals surface area contributed by atoms with Crippen molar-refractivity contribution in [3.8, 4) is 0 Å². The molecule has 5 rings (SSSR count). The van der Waals surface area contributed by atoms with Crippen LogP contribution in [-0.4, -0.2) is 50.1 Å². The standard InChI is InChI=1S/C23H18ClF3N4O2S/c24-16-3-2-14(18(9-16)23(25,26)27)11-31-19-4-1-13(7-15(19)10-28-31)8-20-21(33)29-22(34-20)30-6-5-17(32)12-30/h1-4,7-10,17,32H,5-6,11-12H2/b20-8-. The molecule has 1 unspecified atom stereocenters. The Balaban J connectivity index is 1.38. The van der Waals surface area contributed by atoms with Crippen LogP contribution in [0.15, 0.2) is 52.5 Å². The smallest absolute Gasteiger partial charge is 0.391 e. The number of rotatable bonds is 3. The first-order valence-electron chi connectivity index (χ1n) is 10.4. The molecule has 0 bridgehead atoms. The summed E-state index contributed by atoms with van der Waals surface area (Å²) in [4.78, 5) is 18.8. The quantitative estimate of drug-likeness (QED) is 0.517. The van der Waals surface area contributed by atoms with Crippen LogP contribution < -0.4 is 0 Å². The molecule has 1 N–H and O–H groups in total. The highest BCUT2D eigenvalue weighted by Crippen LogP contribution is 2.35. The first kappa shape index (κ1) is 22.9.